The number of carbonyl (C=O) groups excluding carboxylic acids is 1. The third-order valence-electron chi connectivity index (χ3n) is 4.33. The quantitative estimate of drug-likeness (QED) is 0.792. The fourth-order valence-electron chi connectivity index (χ4n) is 2.81. The average Bonchev–Trinajstić information content (AvgIpc) is 2.62. The summed E-state index contributed by atoms with van der Waals surface area (Å²) in [5.41, 5.74) is 1.64. The number of anilines is 1. The summed E-state index contributed by atoms with van der Waals surface area (Å²) in [6.45, 7) is 3.78. The van der Waals surface area contributed by atoms with Crippen molar-refractivity contribution in [3.63, 3.8) is 0 Å². The van der Waals surface area contributed by atoms with Crippen LogP contribution in [0.2, 0.25) is 0 Å². The van der Waals surface area contributed by atoms with E-state index in [0.717, 1.165) is 10.5 Å². The number of sulfonamides is 1. The zero-order valence-corrected chi connectivity index (χ0v) is 16.4. The fourth-order valence-corrected chi connectivity index (χ4v) is 5.09. The average molecular weight is 391 g/mol. The van der Waals surface area contributed by atoms with E-state index in [1.54, 1.807) is 12.1 Å². The van der Waals surface area contributed by atoms with Gasteiger partial charge in [-0.3, -0.25) is 4.79 Å². The molecule has 1 aliphatic heterocycles. The molecule has 0 unspecified atom stereocenters. The Bertz CT molecular complexity index is 898. The Morgan fingerprint density at radius 1 is 1.19 bits per heavy atom. The van der Waals surface area contributed by atoms with Crippen LogP contribution in [-0.2, 0) is 21.2 Å². The molecule has 0 bridgehead atoms. The minimum Gasteiger partial charge on any atom is -0.324 e. The number of thioether (sulfide) groups is 1. The van der Waals surface area contributed by atoms with Gasteiger partial charge < -0.3 is 5.32 Å². The maximum Gasteiger partial charge on any atom is 0.240 e. The number of benzene rings is 2. The highest BCUT2D eigenvalue weighted by Gasteiger charge is 2.26. The molecule has 138 valence electrons. The molecule has 5 nitrogen and oxygen atoms in total. The van der Waals surface area contributed by atoms with Crippen molar-refractivity contribution < 1.29 is 13.2 Å². The van der Waals surface area contributed by atoms with Crippen LogP contribution < -0.4 is 10.0 Å². The van der Waals surface area contributed by atoms with E-state index in [1.165, 1.54) is 17.8 Å². The van der Waals surface area contributed by atoms with Gasteiger partial charge in [0.1, 0.15) is 0 Å². The highest BCUT2D eigenvalue weighted by atomic mass is 32.2. The van der Waals surface area contributed by atoms with Crippen LogP contribution in [0.15, 0.2) is 58.3 Å². The van der Waals surface area contributed by atoms with Crippen molar-refractivity contribution in [3.05, 3.63) is 54.1 Å². The number of hydrogen-bond acceptors (Lipinski definition) is 4. The van der Waals surface area contributed by atoms with Gasteiger partial charge in [0, 0.05) is 10.9 Å². The van der Waals surface area contributed by atoms with Crippen LogP contribution >= 0.6 is 11.8 Å². The lowest BCUT2D eigenvalue weighted by atomic mass is 10.1. The maximum atomic E-state index is 12.8. The molecule has 3 rings (SSSR count). The number of nitrogens with one attached hydrogen (secondary N) is 2. The van der Waals surface area contributed by atoms with Gasteiger partial charge in [0.2, 0.25) is 15.9 Å². The first kappa shape index (κ1) is 18.9. The van der Waals surface area contributed by atoms with Crippen molar-refractivity contribution >= 4 is 33.4 Å². The molecule has 2 N–H and O–H groups in total. The van der Waals surface area contributed by atoms with Crippen molar-refractivity contribution in [1.82, 2.24) is 4.72 Å². The molecule has 0 saturated carbocycles. The molecule has 2 aromatic carbocycles. The normalized spacial score (nSPS) is 18.1. The third-order valence-corrected chi connectivity index (χ3v) is 7.03. The van der Waals surface area contributed by atoms with Crippen LogP contribution in [0.25, 0.3) is 0 Å². The molecular weight excluding hydrogens is 368 g/mol. The van der Waals surface area contributed by atoms with Crippen molar-refractivity contribution in [2.45, 2.75) is 47.8 Å². The van der Waals surface area contributed by atoms with E-state index in [2.05, 4.69) is 10.0 Å². The summed E-state index contributed by atoms with van der Waals surface area (Å²) in [6.07, 6.45) is 1.31. The molecule has 0 fully saturated rings. The number of amides is 1. The number of fused-ring (bicyclic) bond motifs is 1. The predicted molar refractivity (Wildman–Crippen MR) is 105 cm³/mol. The Morgan fingerprint density at radius 3 is 2.62 bits per heavy atom. The Hall–Kier alpha value is -1.83. The van der Waals surface area contributed by atoms with E-state index in [9.17, 15) is 13.2 Å². The molecular formula is C19H22N2O3S2. The van der Waals surface area contributed by atoms with Gasteiger partial charge in [-0.2, -0.15) is 0 Å². The Balaban J connectivity index is 1.79. The van der Waals surface area contributed by atoms with Crippen LogP contribution in [-0.4, -0.2) is 25.6 Å². The molecule has 0 spiro atoms. The molecule has 2 atom stereocenters. The first-order valence-corrected chi connectivity index (χ1v) is 10.9. The maximum absolute atomic E-state index is 12.8. The second kappa shape index (κ2) is 7.82. The van der Waals surface area contributed by atoms with E-state index in [4.69, 9.17) is 0 Å². The first-order valence-electron chi connectivity index (χ1n) is 8.57. The topological polar surface area (TPSA) is 75.3 Å². The van der Waals surface area contributed by atoms with E-state index < -0.39 is 10.0 Å². The SMILES string of the molecule is CC[C@@H](Cc1ccccc1)NS(=O)(=O)c1ccc2c(c1)NC(=O)[C@@H](C)S2. The van der Waals surface area contributed by atoms with Crippen LogP contribution in [0.4, 0.5) is 5.69 Å². The Kier molecular flexibility index (Phi) is 5.70. The largest absolute Gasteiger partial charge is 0.324 e. The van der Waals surface area contributed by atoms with Gasteiger partial charge in [-0.1, -0.05) is 37.3 Å². The third kappa shape index (κ3) is 4.28. The molecule has 1 aliphatic rings. The van der Waals surface area contributed by atoms with E-state index >= 15 is 0 Å². The summed E-state index contributed by atoms with van der Waals surface area (Å²) < 4.78 is 28.4. The summed E-state index contributed by atoms with van der Waals surface area (Å²) >= 11 is 1.43. The van der Waals surface area contributed by atoms with Gasteiger partial charge in [0.05, 0.1) is 15.8 Å². The van der Waals surface area contributed by atoms with Crippen molar-refractivity contribution in [2.75, 3.05) is 5.32 Å². The molecule has 0 radical (unpaired) electrons. The van der Waals surface area contributed by atoms with Gasteiger partial charge in [0.25, 0.3) is 0 Å². The summed E-state index contributed by atoms with van der Waals surface area (Å²) in [5.74, 6) is -0.111. The number of rotatable bonds is 6. The zero-order valence-electron chi connectivity index (χ0n) is 14.7. The second-order valence-electron chi connectivity index (χ2n) is 6.32. The minimum absolute atomic E-state index is 0.111. The second-order valence-corrected chi connectivity index (χ2v) is 9.42. The van der Waals surface area contributed by atoms with Gasteiger partial charge >= 0.3 is 0 Å². The summed E-state index contributed by atoms with van der Waals surface area (Å²) in [6, 6.07) is 14.5. The summed E-state index contributed by atoms with van der Waals surface area (Å²) in [5, 5.41) is 2.60. The van der Waals surface area contributed by atoms with Gasteiger partial charge in [-0.15, -0.1) is 11.8 Å². The molecule has 0 aromatic heterocycles. The van der Waals surface area contributed by atoms with Gasteiger partial charge in [-0.25, -0.2) is 13.1 Å². The molecule has 0 saturated heterocycles. The van der Waals surface area contributed by atoms with Crippen molar-refractivity contribution in [1.29, 1.82) is 0 Å². The Labute approximate surface area is 158 Å². The molecule has 2 aromatic rings. The molecule has 1 amide bonds. The monoisotopic (exact) mass is 390 g/mol. The number of hydrogen-bond donors (Lipinski definition) is 2. The van der Waals surface area contributed by atoms with Gasteiger partial charge in [-0.05, 0) is 43.5 Å². The van der Waals surface area contributed by atoms with Gasteiger partial charge in [0.15, 0.2) is 0 Å². The highest BCUT2D eigenvalue weighted by molar-refractivity contribution is 8.01. The lowest BCUT2D eigenvalue weighted by Gasteiger charge is -2.22. The molecule has 0 aliphatic carbocycles. The van der Waals surface area contributed by atoms with Crippen molar-refractivity contribution in [2.24, 2.45) is 0 Å². The summed E-state index contributed by atoms with van der Waals surface area (Å²) in [7, 11) is -3.67. The van der Waals surface area contributed by atoms with E-state index in [0.29, 0.717) is 18.5 Å². The van der Waals surface area contributed by atoms with Crippen molar-refractivity contribution in [3.8, 4) is 0 Å². The molecule has 7 heteroatoms. The lowest BCUT2D eigenvalue weighted by molar-refractivity contribution is -0.115. The fraction of sp³-hybridized carbons (Fsp3) is 0.316. The number of carbonyl (C=O) groups is 1. The van der Waals surface area contributed by atoms with Crippen LogP contribution in [0.3, 0.4) is 0 Å². The van der Waals surface area contributed by atoms with E-state index in [-0.39, 0.29) is 22.1 Å². The smallest absolute Gasteiger partial charge is 0.240 e. The minimum atomic E-state index is -3.67. The predicted octanol–water partition coefficient (Wildman–Crippen LogP) is 3.42. The van der Waals surface area contributed by atoms with Crippen LogP contribution in [0.5, 0.6) is 0 Å². The van der Waals surface area contributed by atoms with E-state index in [1.807, 2.05) is 44.2 Å². The summed E-state index contributed by atoms with van der Waals surface area (Å²) in [4.78, 5) is 12.9. The Morgan fingerprint density at radius 2 is 1.92 bits per heavy atom. The molecule has 26 heavy (non-hydrogen) atoms. The lowest BCUT2D eigenvalue weighted by Crippen LogP contribution is -2.36. The van der Waals surface area contributed by atoms with Crippen LogP contribution in [0, 0.1) is 0 Å². The first-order chi connectivity index (χ1) is 12.4. The standard InChI is InChI=1S/C19H22N2O3S2/c1-3-15(11-14-7-5-4-6-8-14)21-26(23,24)16-9-10-18-17(12-16)20-19(22)13(2)25-18/h4-10,12-13,15,21H,3,11H2,1-2H3,(H,20,22)/t13-,15+/m1/s1. The van der Waals surface area contributed by atoms with Crippen LogP contribution in [0.1, 0.15) is 25.8 Å². The highest BCUT2D eigenvalue weighted by Crippen LogP contribution is 2.36. The molecule has 1 heterocycles. The zero-order chi connectivity index (χ0) is 18.7.